The fourth-order valence-electron chi connectivity index (χ4n) is 2.17. The van der Waals surface area contributed by atoms with Crippen LogP contribution in [0.1, 0.15) is 29.2 Å². The highest BCUT2D eigenvalue weighted by atomic mass is 16.4. The van der Waals surface area contributed by atoms with E-state index in [1.165, 1.54) is 6.08 Å². The van der Waals surface area contributed by atoms with Crippen LogP contribution in [0.2, 0.25) is 0 Å². The topological polar surface area (TPSA) is 90.2 Å². The summed E-state index contributed by atoms with van der Waals surface area (Å²) in [6.07, 6.45) is 2.76. The van der Waals surface area contributed by atoms with Crippen molar-refractivity contribution in [3.05, 3.63) is 77.4 Å². The van der Waals surface area contributed by atoms with Crippen LogP contribution in [-0.2, 0) is 9.59 Å². The number of nitriles is 1. The highest BCUT2D eigenvalue weighted by Crippen LogP contribution is 2.16. The highest BCUT2D eigenvalue weighted by Gasteiger charge is 2.16. The summed E-state index contributed by atoms with van der Waals surface area (Å²) in [6.45, 7) is 0. The maximum atomic E-state index is 12.1. The summed E-state index contributed by atoms with van der Waals surface area (Å²) in [5, 5.41) is 20.5. The standard InChI is InChI=1S/C19H16N2O3/c20-13-15-8-6-14(7-9-15)10-11-18(22)21-17(12-19(23)24)16-4-2-1-3-5-16/h1-11,17H,12H2,(H,21,22)(H,23,24)/t17-/m0/s1. The molecule has 0 aliphatic carbocycles. The summed E-state index contributed by atoms with van der Waals surface area (Å²) < 4.78 is 0. The van der Waals surface area contributed by atoms with E-state index in [2.05, 4.69) is 5.32 Å². The molecule has 0 aromatic heterocycles. The predicted molar refractivity (Wildman–Crippen MR) is 89.8 cm³/mol. The molecule has 0 heterocycles. The van der Waals surface area contributed by atoms with Gasteiger partial charge in [-0.1, -0.05) is 42.5 Å². The monoisotopic (exact) mass is 320 g/mol. The third-order valence-corrected chi connectivity index (χ3v) is 3.36. The van der Waals surface area contributed by atoms with E-state index in [0.29, 0.717) is 5.56 Å². The first-order chi connectivity index (χ1) is 11.6. The lowest BCUT2D eigenvalue weighted by atomic mass is 10.0. The molecule has 0 spiro atoms. The highest BCUT2D eigenvalue weighted by molar-refractivity contribution is 5.92. The molecule has 5 heteroatoms. The third kappa shape index (κ3) is 5.11. The second kappa shape index (κ2) is 8.30. The fourth-order valence-corrected chi connectivity index (χ4v) is 2.17. The zero-order valence-corrected chi connectivity index (χ0v) is 12.8. The van der Waals surface area contributed by atoms with Crippen molar-refractivity contribution in [1.29, 1.82) is 5.26 Å². The molecule has 0 aliphatic rings. The largest absolute Gasteiger partial charge is 0.481 e. The Kier molecular flexibility index (Phi) is 5.87. The molecule has 1 amide bonds. The van der Waals surface area contributed by atoms with Crippen molar-refractivity contribution in [3.63, 3.8) is 0 Å². The first-order valence-corrected chi connectivity index (χ1v) is 7.34. The molecule has 24 heavy (non-hydrogen) atoms. The summed E-state index contributed by atoms with van der Waals surface area (Å²) in [4.78, 5) is 23.1. The van der Waals surface area contributed by atoms with Crippen molar-refractivity contribution in [3.8, 4) is 6.07 Å². The van der Waals surface area contributed by atoms with Crippen molar-refractivity contribution in [2.24, 2.45) is 0 Å². The van der Waals surface area contributed by atoms with Crippen molar-refractivity contribution in [2.45, 2.75) is 12.5 Å². The Balaban J connectivity index is 2.05. The second-order valence-electron chi connectivity index (χ2n) is 5.14. The number of aliphatic carboxylic acids is 1. The van der Waals surface area contributed by atoms with E-state index in [1.54, 1.807) is 54.6 Å². The number of nitrogens with zero attached hydrogens (tertiary/aromatic N) is 1. The van der Waals surface area contributed by atoms with Crippen LogP contribution < -0.4 is 5.32 Å². The van der Waals surface area contributed by atoms with Gasteiger partial charge in [-0.05, 0) is 29.3 Å². The molecule has 0 bridgehead atoms. The lowest BCUT2D eigenvalue weighted by Crippen LogP contribution is -2.28. The number of hydrogen-bond acceptors (Lipinski definition) is 3. The normalized spacial score (nSPS) is 11.6. The van der Waals surface area contributed by atoms with Crippen LogP contribution >= 0.6 is 0 Å². The van der Waals surface area contributed by atoms with Gasteiger partial charge in [0.05, 0.1) is 24.1 Å². The van der Waals surface area contributed by atoms with Crippen LogP contribution in [0.25, 0.3) is 6.08 Å². The van der Waals surface area contributed by atoms with E-state index in [1.807, 2.05) is 12.1 Å². The van der Waals surface area contributed by atoms with E-state index in [-0.39, 0.29) is 12.3 Å². The number of benzene rings is 2. The third-order valence-electron chi connectivity index (χ3n) is 3.36. The molecule has 0 fully saturated rings. The molecule has 0 saturated carbocycles. The molecular weight excluding hydrogens is 304 g/mol. The van der Waals surface area contributed by atoms with Crippen LogP contribution in [0, 0.1) is 11.3 Å². The molecule has 2 aromatic rings. The Morgan fingerprint density at radius 2 is 1.79 bits per heavy atom. The number of carbonyl (C=O) groups excluding carboxylic acids is 1. The molecule has 2 rings (SSSR count). The predicted octanol–water partition coefficient (Wildman–Crippen LogP) is 2.90. The van der Waals surface area contributed by atoms with Gasteiger partial charge in [0.1, 0.15) is 0 Å². The maximum Gasteiger partial charge on any atom is 0.305 e. The minimum Gasteiger partial charge on any atom is -0.481 e. The number of carboxylic acids is 1. The average Bonchev–Trinajstić information content (AvgIpc) is 2.60. The smallest absolute Gasteiger partial charge is 0.305 e. The SMILES string of the molecule is N#Cc1ccc(C=CC(=O)N[C@@H](CC(=O)O)c2ccccc2)cc1. The molecule has 120 valence electrons. The van der Waals surface area contributed by atoms with Gasteiger partial charge >= 0.3 is 5.97 Å². The summed E-state index contributed by atoms with van der Waals surface area (Å²) in [6, 6.07) is 17.2. The number of amides is 1. The van der Waals surface area contributed by atoms with E-state index < -0.39 is 12.0 Å². The van der Waals surface area contributed by atoms with E-state index in [4.69, 9.17) is 10.4 Å². The van der Waals surface area contributed by atoms with Crippen LogP contribution in [0.3, 0.4) is 0 Å². The van der Waals surface area contributed by atoms with Gasteiger partial charge in [-0.3, -0.25) is 9.59 Å². The van der Waals surface area contributed by atoms with Crippen molar-refractivity contribution >= 4 is 18.0 Å². The zero-order chi connectivity index (χ0) is 17.4. The van der Waals surface area contributed by atoms with Crippen LogP contribution in [-0.4, -0.2) is 17.0 Å². The first kappa shape index (κ1) is 17.0. The molecule has 0 saturated heterocycles. The van der Waals surface area contributed by atoms with Gasteiger partial charge in [-0.15, -0.1) is 0 Å². The fraction of sp³-hybridized carbons (Fsp3) is 0.105. The Morgan fingerprint density at radius 3 is 2.38 bits per heavy atom. The Hall–Kier alpha value is -3.39. The van der Waals surface area contributed by atoms with Gasteiger partial charge in [0.15, 0.2) is 0 Å². The summed E-state index contributed by atoms with van der Waals surface area (Å²) in [7, 11) is 0. The van der Waals surface area contributed by atoms with Gasteiger partial charge < -0.3 is 10.4 Å². The molecule has 5 nitrogen and oxygen atoms in total. The first-order valence-electron chi connectivity index (χ1n) is 7.34. The molecule has 0 radical (unpaired) electrons. The quantitative estimate of drug-likeness (QED) is 0.801. The lowest BCUT2D eigenvalue weighted by molar-refractivity contribution is -0.137. The molecule has 0 aliphatic heterocycles. The lowest BCUT2D eigenvalue weighted by Gasteiger charge is -2.16. The van der Waals surface area contributed by atoms with Gasteiger partial charge in [-0.25, -0.2) is 0 Å². The number of carboxylic acid groups (broad SMARTS) is 1. The van der Waals surface area contributed by atoms with E-state index in [9.17, 15) is 9.59 Å². The zero-order valence-electron chi connectivity index (χ0n) is 12.8. The van der Waals surface area contributed by atoms with Gasteiger partial charge in [-0.2, -0.15) is 5.26 Å². The molecule has 1 atom stereocenters. The Morgan fingerprint density at radius 1 is 1.12 bits per heavy atom. The minimum atomic E-state index is -0.986. The minimum absolute atomic E-state index is 0.194. The molecule has 0 unspecified atom stereocenters. The summed E-state index contributed by atoms with van der Waals surface area (Å²) in [5.41, 5.74) is 2.06. The van der Waals surface area contributed by atoms with E-state index >= 15 is 0 Å². The maximum absolute atomic E-state index is 12.1. The van der Waals surface area contributed by atoms with Crippen LogP contribution in [0.4, 0.5) is 0 Å². The summed E-state index contributed by atoms with van der Waals surface area (Å²) >= 11 is 0. The Labute approximate surface area is 139 Å². The Bertz CT molecular complexity index is 775. The van der Waals surface area contributed by atoms with Crippen LogP contribution in [0.5, 0.6) is 0 Å². The van der Waals surface area contributed by atoms with Gasteiger partial charge in [0.25, 0.3) is 0 Å². The second-order valence-corrected chi connectivity index (χ2v) is 5.14. The average molecular weight is 320 g/mol. The van der Waals surface area contributed by atoms with Crippen molar-refractivity contribution in [2.75, 3.05) is 0 Å². The summed E-state index contributed by atoms with van der Waals surface area (Å²) in [5.74, 6) is -1.37. The number of hydrogen-bond donors (Lipinski definition) is 2. The molecule has 2 aromatic carbocycles. The van der Waals surface area contributed by atoms with E-state index in [0.717, 1.165) is 11.1 Å². The number of nitrogens with one attached hydrogen (secondary N) is 1. The number of carbonyl (C=O) groups is 2. The van der Waals surface area contributed by atoms with Gasteiger partial charge in [0, 0.05) is 6.08 Å². The van der Waals surface area contributed by atoms with Crippen molar-refractivity contribution < 1.29 is 14.7 Å². The molecule has 2 N–H and O–H groups in total. The van der Waals surface area contributed by atoms with Crippen molar-refractivity contribution in [1.82, 2.24) is 5.32 Å². The van der Waals surface area contributed by atoms with Crippen LogP contribution in [0.15, 0.2) is 60.7 Å². The molecular formula is C19H16N2O3. The van der Waals surface area contributed by atoms with Gasteiger partial charge in [0.2, 0.25) is 5.91 Å². The number of rotatable bonds is 6.